The molecule has 0 amide bonds. The molecule has 0 aliphatic heterocycles. The topological polar surface area (TPSA) is 132 Å². The second kappa shape index (κ2) is 13.9. The van der Waals surface area contributed by atoms with Crippen molar-refractivity contribution >= 4 is 43.9 Å². The minimum atomic E-state index is -5.05. The number of sulfone groups is 1. The second-order valence-corrected chi connectivity index (χ2v) is 16.5. The van der Waals surface area contributed by atoms with Crippen LogP contribution in [-0.2, 0) is 52.5 Å². The monoisotopic (exact) mass is 812 g/mol. The average Bonchev–Trinajstić information content (AvgIpc) is 3.61. The maximum atomic E-state index is 15.3. The van der Waals surface area contributed by atoms with Crippen LogP contribution in [0.2, 0.25) is 5.02 Å². The van der Waals surface area contributed by atoms with E-state index in [1.165, 1.54) is 10.7 Å². The van der Waals surface area contributed by atoms with Gasteiger partial charge in [0.05, 0.1) is 34.3 Å². The summed E-state index contributed by atoms with van der Waals surface area (Å²) in [6.07, 6.45) is -4.95. The van der Waals surface area contributed by atoms with Gasteiger partial charge in [-0.15, -0.1) is 0 Å². The van der Waals surface area contributed by atoms with Crippen LogP contribution in [0.1, 0.15) is 58.6 Å². The number of benzene rings is 2. The van der Waals surface area contributed by atoms with Gasteiger partial charge >= 0.3 is 6.18 Å². The van der Waals surface area contributed by atoms with E-state index in [0.29, 0.717) is 32.8 Å². The lowest BCUT2D eigenvalue weighted by atomic mass is 9.86. The molecular weight excluding hydrogens is 781 g/mol. The lowest BCUT2D eigenvalue weighted by molar-refractivity contribution is -0.142. The van der Waals surface area contributed by atoms with Gasteiger partial charge in [0.15, 0.2) is 21.3 Å². The SMILES string of the molecule is Cn1nc(CS(C)(=O)=O)c2c(Cl)ccc(-c3ccc(NCCO)nc3[C@@H](CC(=O)Cn3nc(C(F)(F)F)c4c3C(F)(F)[C@@H]3C[C@H]43)Cc3cc(F)cc(F)c3)c21. The van der Waals surface area contributed by atoms with Gasteiger partial charge < -0.3 is 10.4 Å². The molecule has 3 atom stereocenters. The van der Waals surface area contributed by atoms with Crippen LogP contribution in [0.3, 0.4) is 0 Å². The zero-order chi connectivity index (χ0) is 39.8. The number of halogens is 8. The van der Waals surface area contributed by atoms with Gasteiger partial charge in [-0.2, -0.15) is 32.1 Å². The molecule has 292 valence electrons. The molecule has 1 saturated carbocycles. The first kappa shape index (κ1) is 38.7. The first-order valence-corrected chi connectivity index (χ1v) is 19.4. The number of pyridine rings is 1. The number of aliphatic hydroxyl groups excluding tert-OH is 1. The number of fused-ring (bicyclic) bond motifs is 4. The Bertz CT molecular complexity index is 2450. The molecule has 3 aromatic heterocycles. The fourth-order valence-corrected chi connectivity index (χ4v) is 8.66. The Morgan fingerprint density at radius 3 is 2.44 bits per heavy atom. The molecule has 3 heterocycles. The van der Waals surface area contributed by atoms with Crippen LogP contribution in [0, 0.1) is 17.6 Å². The lowest BCUT2D eigenvalue weighted by Crippen LogP contribution is -2.24. The van der Waals surface area contributed by atoms with E-state index in [4.69, 9.17) is 16.6 Å². The quantitative estimate of drug-likeness (QED) is 0.123. The third-order valence-corrected chi connectivity index (χ3v) is 10.9. The molecule has 55 heavy (non-hydrogen) atoms. The van der Waals surface area contributed by atoms with Gasteiger partial charge in [-0.3, -0.25) is 14.2 Å². The Labute approximate surface area is 314 Å². The number of hydrogen-bond acceptors (Lipinski definition) is 8. The van der Waals surface area contributed by atoms with Crippen molar-refractivity contribution in [2.75, 3.05) is 24.7 Å². The third-order valence-electron chi connectivity index (χ3n) is 9.83. The predicted octanol–water partition coefficient (Wildman–Crippen LogP) is 6.93. The van der Waals surface area contributed by atoms with Crippen molar-refractivity contribution in [1.82, 2.24) is 24.5 Å². The van der Waals surface area contributed by atoms with Gasteiger partial charge in [0, 0.05) is 66.2 Å². The summed E-state index contributed by atoms with van der Waals surface area (Å²) in [5, 5.41) is 20.8. The average molecular weight is 813 g/mol. The van der Waals surface area contributed by atoms with Crippen LogP contribution in [0.15, 0.2) is 42.5 Å². The maximum absolute atomic E-state index is 15.3. The van der Waals surface area contributed by atoms with E-state index in [9.17, 15) is 40.3 Å². The summed E-state index contributed by atoms with van der Waals surface area (Å²) in [7, 11) is -2.01. The lowest BCUT2D eigenvalue weighted by Gasteiger charge is -2.22. The van der Waals surface area contributed by atoms with Crippen LogP contribution in [0.4, 0.5) is 36.6 Å². The van der Waals surface area contributed by atoms with E-state index >= 15 is 8.78 Å². The highest BCUT2D eigenvalue weighted by atomic mass is 35.5. The van der Waals surface area contributed by atoms with Gasteiger partial charge in [0.25, 0.3) is 5.92 Å². The van der Waals surface area contributed by atoms with Crippen molar-refractivity contribution in [3.8, 4) is 11.1 Å². The standard InChI is InChI=1S/C36H32ClF7N6O4S/c1-49-32-23(3-5-26(37)30(32)27(47-49)16-55(2,53)54)22-4-6-28(45-7-8-51)46-31(22)18(9-17-10-19(38)13-20(39)11-17)12-21(52)15-50-34-29(33(48-50)36(42,43)44)24-14-25(24)35(34,40)41/h3-6,10-11,13,18,24-25,51H,7-9,12,14-16H2,1-2H3,(H,45,46)/t18-,24+,25-/m1/s1. The minimum absolute atomic E-state index is 0.0500. The van der Waals surface area contributed by atoms with Crippen LogP contribution >= 0.6 is 11.6 Å². The van der Waals surface area contributed by atoms with Gasteiger partial charge in [-0.05, 0) is 54.7 Å². The first-order valence-electron chi connectivity index (χ1n) is 17.0. The molecule has 10 nitrogen and oxygen atoms in total. The summed E-state index contributed by atoms with van der Waals surface area (Å²) < 4.78 is 128. The molecule has 2 aromatic carbocycles. The van der Waals surface area contributed by atoms with Crippen molar-refractivity contribution in [2.24, 2.45) is 13.0 Å². The Morgan fingerprint density at radius 2 is 1.78 bits per heavy atom. The highest BCUT2D eigenvalue weighted by Crippen LogP contribution is 2.68. The molecule has 2 aliphatic rings. The molecule has 19 heteroatoms. The van der Waals surface area contributed by atoms with Crippen LogP contribution in [0.25, 0.3) is 22.0 Å². The Balaban J connectivity index is 1.36. The number of rotatable bonds is 13. The fourth-order valence-electron chi connectivity index (χ4n) is 7.70. The zero-order valence-electron chi connectivity index (χ0n) is 29.1. The maximum Gasteiger partial charge on any atom is 0.435 e. The minimum Gasteiger partial charge on any atom is -0.395 e. The van der Waals surface area contributed by atoms with E-state index in [1.807, 2.05) is 0 Å². The fraction of sp³-hybridized carbons (Fsp3) is 0.389. The molecule has 1 fully saturated rings. The molecule has 7 rings (SSSR count). The van der Waals surface area contributed by atoms with Gasteiger partial charge in [-0.25, -0.2) is 22.2 Å². The number of carbonyl (C=O) groups is 1. The number of nitrogens with zero attached hydrogens (tertiary/aromatic N) is 5. The van der Waals surface area contributed by atoms with Crippen molar-refractivity contribution in [1.29, 1.82) is 0 Å². The molecular formula is C36H32ClF7N6O4S. The largest absolute Gasteiger partial charge is 0.435 e. The number of nitrogens with one attached hydrogen (secondary N) is 1. The van der Waals surface area contributed by atoms with Gasteiger partial charge in [0.1, 0.15) is 29.7 Å². The summed E-state index contributed by atoms with van der Waals surface area (Å²) in [6, 6.07) is 9.01. The Hall–Kier alpha value is -4.55. The summed E-state index contributed by atoms with van der Waals surface area (Å²) in [5.41, 5.74) is -1.51. The summed E-state index contributed by atoms with van der Waals surface area (Å²) >= 11 is 6.59. The van der Waals surface area contributed by atoms with Crippen molar-refractivity contribution in [3.63, 3.8) is 0 Å². The van der Waals surface area contributed by atoms with Crippen molar-refractivity contribution < 1.29 is 49.1 Å². The van der Waals surface area contributed by atoms with E-state index in [1.54, 1.807) is 25.2 Å². The van der Waals surface area contributed by atoms with E-state index in [-0.39, 0.29) is 53.8 Å². The summed E-state index contributed by atoms with van der Waals surface area (Å²) in [4.78, 5) is 18.7. The number of hydrogen-bond donors (Lipinski definition) is 2. The van der Waals surface area contributed by atoms with E-state index in [2.05, 4.69) is 15.5 Å². The molecule has 0 unspecified atom stereocenters. The van der Waals surface area contributed by atoms with Gasteiger partial charge in [0.2, 0.25) is 0 Å². The number of alkyl halides is 5. The third kappa shape index (κ3) is 7.43. The number of ketones is 1. The molecule has 0 bridgehead atoms. The van der Waals surface area contributed by atoms with Crippen LogP contribution in [0.5, 0.6) is 0 Å². The molecule has 2 N–H and O–H groups in total. The second-order valence-electron chi connectivity index (χ2n) is 14.0. The summed E-state index contributed by atoms with van der Waals surface area (Å²) in [5.74, 6) is -9.98. The number of Topliss-reactive ketones (excluding diaryl/α,β-unsaturated/α-hetero) is 1. The molecule has 0 saturated heterocycles. The number of aromatic nitrogens is 5. The zero-order valence-corrected chi connectivity index (χ0v) is 30.6. The van der Waals surface area contributed by atoms with E-state index in [0.717, 1.165) is 18.4 Å². The Morgan fingerprint density at radius 1 is 1.09 bits per heavy atom. The number of carbonyl (C=O) groups excluding carboxylic acids is 1. The predicted molar refractivity (Wildman–Crippen MR) is 187 cm³/mol. The van der Waals surface area contributed by atoms with Crippen molar-refractivity contribution in [3.05, 3.63) is 93.0 Å². The normalized spacial score (nSPS) is 18.0. The molecule has 2 aliphatic carbocycles. The van der Waals surface area contributed by atoms with Crippen LogP contribution < -0.4 is 5.32 Å². The smallest absolute Gasteiger partial charge is 0.395 e. The molecule has 0 radical (unpaired) electrons. The number of anilines is 1. The Kier molecular flexibility index (Phi) is 9.77. The number of aryl methyl sites for hydroxylation is 1. The van der Waals surface area contributed by atoms with Crippen LogP contribution in [-0.4, -0.2) is 63.3 Å². The highest BCUT2D eigenvalue weighted by molar-refractivity contribution is 7.89. The molecule has 0 spiro atoms. The van der Waals surface area contributed by atoms with Crippen molar-refractivity contribution in [2.45, 2.75) is 55.5 Å². The van der Waals surface area contributed by atoms with Gasteiger partial charge in [-0.1, -0.05) is 17.7 Å². The first-order chi connectivity index (χ1) is 25.8. The summed E-state index contributed by atoms with van der Waals surface area (Å²) in [6.45, 7) is -1.20. The number of aliphatic hydroxyl groups is 1. The van der Waals surface area contributed by atoms with E-state index < -0.39 is 92.8 Å². The highest BCUT2D eigenvalue weighted by Gasteiger charge is 2.68. The molecule has 5 aromatic rings.